The van der Waals surface area contributed by atoms with Crippen LogP contribution in [0.15, 0.2) is 24.3 Å². The van der Waals surface area contributed by atoms with E-state index >= 15 is 0 Å². The van der Waals surface area contributed by atoms with Crippen molar-refractivity contribution in [3.05, 3.63) is 35.4 Å². The zero-order chi connectivity index (χ0) is 12.9. The van der Waals surface area contributed by atoms with Crippen LogP contribution in [0.4, 0.5) is 0 Å². The van der Waals surface area contributed by atoms with Crippen LogP contribution in [0.5, 0.6) is 0 Å². The van der Waals surface area contributed by atoms with Gasteiger partial charge >= 0.3 is 0 Å². The maximum atomic E-state index is 5.24. The van der Waals surface area contributed by atoms with Gasteiger partial charge in [-0.05, 0) is 17.4 Å². The van der Waals surface area contributed by atoms with Gasteiger partial charge in [0.25, 0.3) is 0 Å². The minimum atomic E-state index is -0.265. The van der Waals surface area contributed by atoms with Gasteiger partial charge in [-0.25, -0.2) is 0 Å². The fourth-order valence-corrected chi connectivity index (χ4v) is 2.23. The predicted octanol–water partition coefficient (Wildman–Crippen LogP) is 4.06. The van der Waals surface area contributed by atoms with E-state index in [0.717, 1.165) is 5.56 Å². The van der Waals surface area contributed by atoms with Crippen LogP contribution in [0.2, 0.25) is 0 Å². The van der Waals surface area contributed by atoms with Gasteiger partial charge < -0.3 is 9.47 Å². The van der Waals surface area contributed by atoms with Crippen molar-refractivity contribution in [2.75, 3.05) is 14.2 Å². The Bertz CT molecular complexity index is 323. The highest BCUT2D eigenvalue weighted by atomic mass is 16.7. The molecule has 0 bridgehead atoms. The standard InChI is InChI=1S/C15H24O2/c1-6-11-15(2,3)13-9-7-12(8-10-13)14(16-4)17-5/h7-10,14H,6,11H2,1-5H3. The molecule has 0 aliphatic carbocycles. The van der Waals surface area contributed by atoms with E-state index in [4.69, 9.17) is 9.47 Å². The zero-order valence-electron chi connectivity index (χ0n) is 11.6. The third-order valence-electron chi connectivity index (χ3n) is 3.27. The van der Waals surface area contributed by atoms with Crippen LogP contribution in [0, 0.1) is 0 Å². The molecule has 0 amide bonds. The smallest absolute Gasteiger partial charge is 0.183 e. The first-order valence-corrected chi connectivity index (χ1v) is 6.21. The molecular formula is C15H24O2. The third-order valence-corrected chi connectivity index (χ3v) is 3.27. The molecule has 1 aromatic carbocycles. The van der Waals surface area contributed by atoms with Gasteiger partial charge in [0.1, 0.15) is 0 Å². The fourth-order valence-electron chi connectivity index (χ4n) is 2.23. The van der Waals surface area contributed by atoms with Crippen LogP contribution >= 0.6 is 0 Å². The molecule has 0 heterocycles. The van der Waals surface area contributed by atoms with Crippen LogP contribution in [0.3, 0.4) is 0 Å². The first-order chi connectivity index (χ1) is 8.05. The summed E-state index contributed by atoms with van der Waals surface area (Å²) in [5.74, 6) is 0. The summed E-state index contributed by atoms with van der Waals surface area (Å²) < 4.78 is 10.5. The highest BCUT2D eigenvalue weighted by Gasteiger charge is 2.19. The number of hydrogen-bond acceptors (Lipinski definition) is 2. The molecule has 0 saturated carbocycles. The lowest BCUT2D eigenvalue weighted by molar-refractivity contribution is -0.106. The quantitative estimate of drug-likeness (QED) is 0.694. The molecule has 1 aromatic rings. The first-order valence-electron chi connectivity index (χ1n) is 6.21. The fraction of sp³-hybridized carbons (Fsp3) is 0.600. The monoisotopic (exact) mass is 236 g/mol. The van der Waals surface area contributed by atoms with Gasteiger partial charge in [-0.2, -0.15) is 0 Å². The highest BCUT2D eigenvalue weighted by Crippen LogP contribution is 2.29. The van der Waals surface area contributed by atoms with Gasteiger partial charge in [-0.3, -0.25) is 0 Å². The van der Waals surface area contributed by atoms with Gasteiger partial charge in [0.05, 0.1) is 0 Å². The Morgan fingerprint density at radius 3 is 2.00 bits per heavy atom. The second kappa shape index (κ2) is 6.18. The largest absolute Gasteiger partial charge is 0.352 e. The zero-order valence-corrected chi connectivity index (χ0v) is 11.6. The molecule has 1 rings (SSSR count). The Morgan fingerprint density at radius 1 is 1.06 bits per heavy atom. The van der Waals surface area contributed by atoms with Gasteiger partial charge in [0.15, 0.2) is 6.29 Å². The molecular weight excluding hydrogens is 212 g/mol. The Labute approximate surface area is 105 Å². The van der Waals surface area contributed by atoms with Crippen molar-refractivity contribution >= 4 is 0 Å². The second-order valence-corrected chi connectivity index (χ2v) is 5.06. The molecule has 2 heteroatoms. The van der Waals surface area contributed by atoms with Crippen LogP contribution in [-0.2, 0) is 14.9 Å². The van der Waals surface area contributed by atoms with Crippen molar-refractivity contribution in [3.8, 4) is 0 Å². The molecule has 17 heavy (non-hydrogen) atoms. The number of ether oxygens (including phenoxy) is 2. The molecule has 2 nitrogen and oxygen atoms in total. The lowest BCUT2D eigenvalue weighted by Gasteiger charge is -2.25. The molecule has 0 atom stereocenters. The molecule has 0 fully saturated rings. The topological polar surface area (TPSA) is 18.5 Å². The maximum Gasteiger partial charge on any atom is 0.183 e. The number of rotatable bonds is 6. The number of hydrogen-bond donors (Lipinski definition) is 0. The Hall–Kier alpha value is -0.860. The van der Waals surface area contributed by atoms with Crippen molar-refractivity contribution in [3.63, 3.8) is 0 Å². The van der Waals surface area contributed by atoms with Crippen molar-refractivity contribution in [1.29, 1.82) is 0 Å². The van der Waals surface area contributed by atoms with Crippen LogP contribution in [0.25, 0.3) is 0 Å². The molecule has 0 saturated heterocycles. The number of benzene rings is 1. The van der Waals surface area contributed by atoms with Gasteiger partial charge in [-0.15, -0.1) is 0 Å². The summed E-state index contributed by atoms with van der Waals surface area (Å²) in [6.45, 7) is 6.80. The molecule has 0 radical (unpaired) electrons. The summed E-state index contributed by atoms with van der Waals surface area (Å²) in [5.41, 5.74) is 2.67. The van der Waals surface area contributed by atoms with Crippen molar-refractivity contribution in [2.24, 2.45) is 0 Å². The van der Waals surface area contributed by atoms with Gasteiger partial charge in [-0.1, -0.05) is 51.5 Å². The summed E-state index contributed by atoms with van der Waals surface area (Å²) in [7, 11) is 3.31. The predicted molar refractivity (Wildman–Crippen MR) is 71.1 cm³/mol. The lowest BCUT2D eigenvalue weighted by Crippen LogP contribution is -2.16. The van der Waals surface area contributed by atoms with Gasteiger partial charge in [0.2, 0.25) is 0 Å². The van der Waals surface area contributed by atoms with E-state index in [1.165, 1.54) is 18.4 Å². The highest BCUT2D eigenvalue weighted by molar-refractivity contribution is 5.28. The Morgan fingerprint density at radius 2 is 1.59 bits per heavy atom. The normalized spacial score (nSPS) is 12.1. The summed E-state index contributed by atoms with van der Waals surface area (Å²) in [6, 6.07) is 8.53. The van der Waals surface area contributed by atoms with E-state index < -0.39 is 0 Å². The minimum absolute atomic E-state index is 0.239. The average Bonchev–Trinajstić information content (AvgIpc) is 2.31. The molecule has 0 aliphatic heterocycles. The Kier molecular flexibility index (Phi) is 5.16. The van der Waals surface area contributed by atoms with Crippen molar-refractivity contribution in [2.45, 2.75) is 45.3 Å². The molecule has 0 aliphatic rings. The maximum absolute atomic E-state index is 5.24. The summed E-state index contributed by atoms with van der Waals surface area (Å²) in [4.78, 5) is 0. The molecule has 0 N–H and O–H groups in total. The SMILES string of the molecule is CCCC(C)(C)c1ccc(C(OC)OC)cc1. The van der Waals surface area contributed by atoms with Crippen LogP contribution < -0.4 is 0 Å². The Balaban J connectivity index is 2.87. The van der Waals surface area contributed by atoms with E-state index in [2.05, 4.69) is 45.0 Å². The van der Waals surface area contributed by atoms with Crippen molar-refractivity contribution in [1.82, 2.24) is 0 Å². The molecule has 0 spiro atoms. The van der Waals surface area contributed by atoms with Crippen molar-refractivity contribution < 1.29 is 9.47 Å². The summed E-state index contributed by atoms with van der Waals surface area (Å²) in [6.07, 6.45) is 2.14. The summed E-state index contributed by atoms with van der Waals surface area (Å²) >= 11 is 0. The molecule has 96 valence electrons. The van der Waals surface area contributed by atoms with Crippen LogP contribution in [0.1, 0.15) is 51.0 Å². The van der Waals surface area contributed by atoms with Crippen LogP contribution in [-0.4, -0.2) is 14.2 Å². The molecule has 0 unspecified atom stereocenters. The second-order valence-electron chi connectivity index (χ2n) is 5.06. The van der Waals surface area contributed by atoms with E-state index in [1.54, 1.807) is 14.2 Å². The van der Waals surface area contributed by atoms with E-state index in [9.17, 15) is 0 Å². The summed E-state index contributed by atoms with van der Waals surface area (Å²) in [5, 5.41) is 0. The average molecular weight is 236 g/mol. The molecule has 0 aromatic heterocycles. The van der Waals surface area contributed by atoms with Gasteiger partial charge in [0, 0.05) is 19.8 Å². The van der Waals surface area contributed by atoms with E-state index in [1.807, 2.05) is 0 Å². The number of methoxy groups -OCH3 is 2. The third kappa shape index (κ3) is 3.55. The minimum Gasteiger partial charge on any atom is -0.352 e. The van der Waals surface area contributed by atoms with E-state index in [0.29, 0.717) is 0 Å². The van der Waals surface area contributed by atoms with E-state index in [-0.39, 0.29) is 11.7 Å². The lowest BCUT2D eigenvalue weighted by atomic mass is 9.80. The first kappa shape index (κ1) is 14.2.